The molecule has 102 valence electrons. The zero-order chi connectivity index (χ0) is 14.1. The van der Waals surface area contributed by atoms with Gasteiger partial charge in [0.25, 0.3) is 0 Å². The van der Waals surface area contributed by atoms with Crippen LogP contribution in [0.2, 0.25) is 0 Å². The second-order valence-corrected chi connectivity index (χ2v) is 4.59. The number of para-hydroxylation sites is 1. The Hall–Kier alpha value is -2.27. The van der Waals surface area contributed by atoms with Crippen molar-refractivity contribution in [2.45, 2.75) is 13.0 Å². The Kier molecular flexibility index (Phi) is 3.20. The molecule has 0 aliphatic carbocycles. The molecule has 0 unspecified atom stereocenters. The molecule has 20 heavy (non-hydrogen) atoms. The molecule has 0 spiro atoms. The van der Waals surface area contributed by atoms with E-state index in [1.165, 1.54) is 6.07 Å². The zero-order valence-electron chi connectivity index (χ0n) is 10.7. The lowest BCUT2D eigenvalue weighted by molar-refractivity contribution is 0.500. The minimum Gasteiger partial charge on any atom is -0.342 e. The van der Waals surface area contributed by atoms with Crippen molar-refractivity contribution in [2.75, 3.05) is 0 Å². The number of fused-ring (bicyclic) bond motifs is 1. The van der Waals surface area contributed by atoms with Gasteiger partial charge in [0, 0.05) is 13.0 Å². The Morgan fingerprint density at radius 1 is 1.05 bits per heavy atom. The fraction of sp³-hybridized carbons (Fsp3) is 0.133. The van der Waals surface area contributed by atoms with Crippen LogP contribution in [0.15, 0.2) is 36.4 Å². The van der Waals surface area contributed by atoms with Crippen molar-refractivity contribution in [2.24, 2.45) is 5.73 Å². The summed E-state index contributed by atoms with van der Waals surface area (Å²) >= 11 is 0. The topological polar surface area (TPSA) is 54.7 Å². The lowest BCUT2D eigenvalue weighted by Gasteiger charge is -2.01. The number of nitrogens with one attached hydrogen (secondary N) is 1. The van der Waals surface area contributed by atoms with Gasteiger partial charge in [-0.3, -0.25) is 0 Å². The van der Waals surface area contributed by atoms with E-state index >= 15 is 0 Å². The number of nitrogens with zero attached hydrogens (tertiary/aromatic N) is 1. The molecular weight excluding hydrogens is 260 g/mol. The number of H-pyrrole nitrogens is 1. The van der Waals surface area contributed by atoms with Crippen LogP contribution in [0.25, 0.3) is 11.0 Å². The van der Waals surface area contributed by atoms with Crippen LogP contribution in [0.4, 0.5) is 8.78 Å². The maximum absolute atomic E-state index is 13.7. The maximum atomic E-state index is 13.7. The van der Waals surface area contributed by atoms with Gasteiger partial charge in [0.1, 0.15) is 5.82 Å². The van der Waals surface area contributed by atoms with Crippen molar-refractivity contribution >= 4 is 11.0 Å². The molecule has 0 aliphatic rings. The molecule has 1 aromatic heterocycles. The SMILES string of the molecule is NCc1cccc2[nH]c(Cc3cccc(F)c3F)nc12. The second-order valence-electron chi connectivity index (χ2n) is 4.59. The molecule has 3 N–H and O–H groups in total. The largest absolute Gasteiger partial charge is 0.342 e. The predicted molar refractivity (Wildman–Crippen MR) is 73.1 cm³/mol. The van der Waals surface area contributed by atoms with Crippen LogP contribution in [0.1, 0.15) is 17.0 Å². The van der Waals surface area contributed by atoms with E-state index < -0.39 is 11.6 Å². The Morgan fingerprint density at radius 2 is 1.80 bits per heavy atom. The fourth-order valence-corrected chi connectivity index (χ4v) is 2.26. The average Bonchev–Trinajstić information content (AvgIpc) is 2.86. The molecule has 2 aromatic carbocycles. The Bertz CT molecular complexity index is 765. The highest BCUT2D eigenvalue weighted by Crippen LogP contribution is 2.19. The van der Waals surface area contributed by atoms with Crippen molar-refractivity contribution in [1.82, 2.24) is 9.97 Å². The van der Waals surface area contributed by atoms with E-state index in [9.17, 15) is 8.78 Å². The molecule has 0 radical (unpaired) electrons. The highest BCUT2D eigenvalue weighted by atomic mass is 19.2. The average molecular weight is 273 g/mol. The normalized spacial score (nSPS) is 11.2. The summed E-state index contributed by atoms with van der Waals surface area (Å²) in [7, 11) is 0. The number of aromatic nitrogens is 2. The van der Waals surface area contributed by atoms with E-state index in [4.69, 9.17) is 5.73 Å². The third-order valence-corrected chi connectivity index (χ3v) is 3.25. The van der Waals surface area contributed by atoms with Gasteiger partial charge in [-0.1, -0.05) is 24.3 Å². The first-order valence-electron chi connectivity index (χ1n) is 6.28. The summed E-state index contributed by atoms with van der Waals surface area (Å²) in [6.07, 6.45) is 0.211. The van der Waals surface area contributed by atoms with Crippen molar-refractivity contribution in [3.63, 3.8) is 0 Å². The summed E-state index contributed by atoms with van der Waals surface area (Å²) in [6, 6.07) is 9.80. The van der Waals surface area contributed by atoms with Crippen LogP contribution in [0, 0.1) is 11.6 Å². The summed E-state index contributed by atoms with van der Waals surface area (Å²) in [5, 5.41) is 0. The lowest BCUT2D eigenvalue weighted by atomic mass is 10.1. The minimum absolute atomic E-state index is 0.211. The summed E-state index contributed by atoms with van der Waals surface area (Å²) in [6.45, 7) is 0.385. The molecule has 3 nitrogen and oxygen atoms in total. The van der Waals surface area contributed by atoms with Gasteiger partial charge in [-0.2, -0.15) is 0 Å². The molecule has 0 atom stereocenters. The predicted octanol–water partition coefficient (Wildman–Crippen LogP) is 2.89. The van der Waals surface area contributed by atoms with Crippen molar-refractivity contribution in [3.8, 4) is 0 Å². The highest BCUT2D eigenvalue weighted by molar-refractivity contribution is 5.78. The molecule has 0 amide bonds. The highest BCUT2D eigenvalue weighted by Gasteiger charge is 2.11. The van der Waals surface area contributed by atoms with Gasteiger partial charge in [-0.15, -0.1) is 0 Å². The first-order valence-corrected chi connectivity index (χ1v) is 6.28. The van der Waals surface area contributed by atoms with E-state index in [1.807, 2.05) is 18.2 Å². The van der Waals surface area contributed by atoms with Crippen molar-refractivity contribution in [1.29, 1.82) is 0 Å². The van der Waals surface area contributed by atoms with Crippen LogP contribution in [0.5, 0.6) is 0 Å². The summed E-state index contributed by atoms with van der Waals surface area (Å²) in [5.41, 5.74) is 8.48. The molecule has 0 bridgehead atoms. The van der Waals surface area contributed by atoms with Crippen LogP contribution < -0.4 is 5.73 Å². The molecule has 0 saturated carbocycles. The van der Waals surface area contributed by atoms with Crippen molar-refractivity contribution in [3.05, 3.63) is 65.0 Å². The van der Waals surface area contributed by atoms with Gasteiger partial charge < -0.3 is 10.7 Å². The number of nitrogens with two attached hydrogens (primary N) is 1. The van der Waals surface area contributed by atoms with Crippen LogP contribution in [0.3, 0.4) is 0 Å². The molecule has 0 saturated heterocycles. The summed E-state index contributed by atoms with van der Waals surface area (Å²) < 4.78 is 26.8. The molecule has 0 aliphatic heterocycles. The molecule has 3 aromatic rings. The number of imidazole rings is 1. The van der Waals surface area contributed by atoms with Crippen LogP contribution in [-0.2, 0) is 13.0 Å². The minimum atomic E-state index is -0.846. The number of hydrogen-bond donors (Lipinski definition) is 2. The summed E-state index contributed by atoms with van der Waals surface area (Å²) in [5.74, 6) is -1.08. The number of halogens is 2. The Labute approximate surface area is 114 Å². The Morgan fingerprint density at radius 3 is 2.60 bits per heavy atom. The number of hydrogen-bond acceptors (Lipinski definition) is 2. The quantitative estimate of drug-likeness (QED) is 0.771. The van der Waals surface area contributed by atoms with Gasteiger partial charge in [0.2, 0.25) is 0 Å². The van der Waals surface area contributed by atoms with E-state index in [0.717, 1.165) is 22.7 Å². The van der Waals surface area contributed by atoms with Crippen LogP contribution >= 0.6 is 0 Å². The van der Waals surface area contributed by atoms with Gasteiger partial charge in [-0.05, 0) is 23.3 Å². The van der Waals surface area contributed by atoms with E-state index in [-0.39, 0.29) is 12.0 Å². The van der Waals surface area contributed by atoms with E-state index in [1.54, 1.807) is 6.07 Å². The first-order chi connectivity index (χ1) is 9.69. The smallest absolute Gasteiger partial charge is 0.162 e. The van der Waals surface area contributed by atoms with Gasteiger partial charge in [0.05, 0.1) is 11.0 Å². The van der Waals surface area contributed by atoms with Crippen molar-refractivity contribution < 1.29 is 8.78 Å². The fourth-order valence-electron chi connectivity index (χ4n) is 2.26. The molecular formula is C15H13F2N3. The molecule has 5 heteroatoms. The molecule has 3 rings (SSSR count). The lowest BCUT2D eigenvalue weighted by Crippen LogP contribution is -1.98. The van der Waals surface area contributed by atoms with E-state index in [2.05, 4.69) is 9.97 Å². The third-order valence-electron chi connectivity index (χ3n) is 3.25. The Balaban J connectivity index is 2.01. The summed E-state index contributed by atoms with van der Waals surface area (Å²) in [4.78, 5) is 7.53. The first kappa shape index (κ1) is 12.7. The second kappa shape index (κ2) is 5.02. The maximum Gasteiger partial charge on any atom is 0.162 e. The monoisotopic (exact) mass is 273 g/mol. The van der Waals surface area contributed by atoms with Gasteiger partial charge >= 0.3 is 0 Å². The standard InChI is InChI=1S/C15H13F2N3/c16-11-5-1-3-9(14(11)17)7-13-19-12-6-2-4-10(8-18)15(12)20-13/h1-6H,7-8,18H2,(H,19,20). The zero-order valence-corrected chi connectivity index (χ0v) is 10.7. The van der Waals surface area contributed by atoms with E-state index in [0.29, 0.717) is 12.4 Å². The number of benzene rings is 2. The number of rotatable bonds is 3. The van der Waals surface area contributed by atoms with Gasteiger partial charge in [-0.25, -0.2) is 13.8 Å². The van der Waals surface area contributed by atoms with Crippen LogP contribution in [-0.4, -0.2) is 9.97 Å². The van der Waals surface area contributed by atoms with Gasteiger partial charge in [0.15, 0.2) is 11.6 Å². The third kappa shape index (κ3) is 2.16. The number of aromatic amines is 1. The molecule has 1 heterocycles. The molecule has 0 fully saturated rings.